The molecule has 1 atom stereocenters. The zero-order valence-corrected chi connectivity index (χ0v) is 10.4. The van der Waals surface area contributed by atoms with E-state index in [1.54, 1.807) is 0 Å². The third kappa shape index (κ3) is 3.73. The van der Waals surface area contributed by atoms with Crippen LogP contribution in [-0.2, 0) is 4.79 Å². The number of aliphatic carboxylic acids is 1. The third-order valence-corrected chi connectivity index (χ3v) is 2.58. The van der Waals surface area contributed by atoms with E-state index in [9.17, 15) is 14.7 Å². The monoisotopic (exact) mass is 274 g/mol. The summed E-state index contributed by atoms with van der Waals surface area (Å²) in [5.41, 5.74) is 0.427. The molecule has 0 radical (unpaired) electrons. The van der Waals surface area contributed by atoms with Crippen molar-refractivity contribution in [1.29, 1.82) is 0 Å². The van der Waals surface area contributed by atoms with Gasteiger partial charge in [-0.2, -0.15) is 0 Å². The molecule has 92 valence electrons. The molecule has 2 N–H and O–H groups in total. The number of hydrogen-bond acceptors (Lipinski definition) is 4. The van der Waals surface area contributed by atoms with E-state index in [1.807, 2.05) is 0 Å². The maximum absolute atomic E-state index is 11.6. The maximum atomic E-state index is 11.6. The molecule has 4 nitrogen and oxygen atoms in total. The minimum atomic E-state index is -1.66. The van der Waals surface area contributed by atoms with Gasteiger partial charge < -0.3 is 10.2 Å². The fourth-order valence-electron chi connectivity index (χ4n) is 1.33. The van der Waals surface area contributed by atoms with E-state index in [2.05, 4.69) is 12.6 Å². The first-order valence-corrected chi connectivity index (χ1v) is 5.78. The molecule has 0 amide bonds. The van der Waals surface area contributed by atoms with Gasteiger partial charge in [0.1, 0.15) is 0 Å². The van der Waals surface area contributed by atoms with Crippen LogP contribution in [0.4, 0.5) is 0 Å². The molecular formula is C11H11ClO4S. The number of hydrogen-bond donors (Lipinski definition) is 3. The van der Waals surface area contributed by atoms with Crippen LogP contribution in [0.25, 0.3) is 0 Å². The standard InChI is InChI=1S/C11H11ClO4S/c12-2-1-9(13)6-3-7(5-8(17)4-6)10(14)11(15)16/h3-5,10,14,17H,1-2H2,(H,15,16). The summed E-state index contributed by atoms with van der Waals surface area (Å²) in [6, 6.07) is 4.25. The fraction of sp³-hybridized carbons (Fsp3) is 0.273. The molecule has 0 spiro atoms. The van der Waals surface area contributed by atoms with Gasteiger partial charge in [-0.3, -0.25) is 4.79 Å². The molecule has 0 aliphatic heterocycles. The zero-order valence-electron chi connectivity index (χ0n) is 8.76. The van der Waals surface area contributed by atoms with Crippen LogP contribution in [0.15, 0.2) is 23.1 Å². The number of aliphatic hydroxyl groups is 1. The number of halogens is 1. The Balaban J connectivity index is 3.10. The number of carboxylic acids is 1. The predicted molar refractivity (Wildman–Crippen MR) is 66.0 cm³/mol. The van der Waals surface area contributed by atoms with Crippen LogP contribution >= 0.6 is 24.2 Å². The molecule has 0 fully saturated rings. The maximum Gasteiger partial charge on any atom is 0.337 e. The van der Waals surface area contributed by atoms with Crippen molar-refractivity contribution in [2.45, 2.75) is 17.4 Å². The van der Waals surface area contributed by atoms with Crippen molar-refractivity contribution in [2.24, 2.45) is 0 Å². The van der Waals surface area contributed by atoms with Crippen LogP contribution in [-0.4, -0.2) is 27.8 Å². The summed E-state index contributed by atoms with van der Waals surface area (Å²) in [7, 11) is 0. The molecule has 0 saturated carbocycles. The minimum Gasteiger partial charge on any atom is -0.479 e. The average Bonchev–Trinajstić information content (AvgIpc) is 2.27. The number of thiol groups is 1. The molecular weight excluding hydrogens is 264 g/mol. The Labute approximate surface area is 109 Å². The SMILES string of the molecule is O=C(CCCl)c1cc(S)cc(C(O)C(=O)O)c1. The van der Waals surface area contributed by atoms with E-state index in [0.717, 1.165) is 0 Å². The van der Waals surface area contributed by atoms with E-state index in [0.29, 0.717) is 10.5 Å². The summed E-state index contributed by atoms with van der Waals surface area (Å²) in [6.45, 7) is 0. The number of carbonyl (C=O) groups is 2. The van der Waals surface area contributed by atoms with Gasteiger partial charge in [0.25, 0.3) is 0 Å². The van der Waals surface area contributed by atoms with Crippen molar-refractivity contribution in [3.8, 4) is 0 Å². The van der Waals surface area contributed by atoms with Gasteiger partial charge in [0.05, 0.1) is 0 Å². The summed E-state index contributed by atoms with van der Waals surface area (Å²) >= 11 is 9.52. The Kier molecular flexibility index (Phi) is 4.99. The number of carbonyl (C=O) groups excluding carboxylic acids is 1. The highest BCUT2D eigenvalue weighted by Crippen LogP contribution is 2.21. The Morgan fingerprint density at radius 3 is 2.53 bits per heavy atom. The zero-order chi connectivity index (χ0) is 13.0. The summed E-state index contributed by atoms with van der Waals surface area (Å²) in [5, 5.41) is 18.1. The molecule has 17 heavy (non-hydrogen) atoms. The van der Waals surface area contributed by atoms with Gasteiger partial charge in [-0.25, -0.2) is 4.79 Å². The molecule has 0 aromatic heterocycles. The highest BCUT2D eigenvalue weighted by molar-refractivity contribution is 7.80. The van der Waals surface area contributed by atoms with E-state index >= 15 is 0 Å². The molecule has 0 aliphatic rings. The van der Waals surface area contributed by atoms with Gasteiger partial charge in [0.15, 0.2) is 11.9 Å². The van der Waals surface area contributed by atoms with Crippen LogP contribution in [0.1, 0.15) is 28.4 Å². The Bertz CT molecular complexity index is 447. The lowest BCUT2D eigenvalue weighted by molar-refractivity contribution is -0.146. The molecule has 1 unspecified atom stereocenters. The van der Waals surface area contributed by atoms with Crippen LogP contribution in [0.3, 0.4) is 0 Å². The smallest absolute Gasteiger partial charge is 0.337 e. The third-order valence-electron chi connectivity index (χ3n) is 2.13. The number of rotatable bonds is 5. The van der Waals surface area contributed by atoms with Crippen molar-refractivity contribution in [1.82, 2.24) is 0 Å². The van der Waals surface area contributed by atoms with Gasteiger partial charge in [0, 0.05) is 22.8 Å². The number of carboxylic acid groups (broad SMARTS) is 1. The predicted octanol–water partition coefficient (Wildman–Crippen LogP) is 1.90. The second-order valence-electron chi connectivity index (χ2n) is 3.42. The largest absolute Gasteiger partial charge is 0.479 e. The second-order valence-corrected chi connectivity index (χ2v) is 4.31. The molecule has 0 aliphatic carbocycles. The van der Waals surface area contributed by atoms with Gasteiger partial charge in [0.2, 0.25) is 0 Å². The topological polar surface area (TPSA) is 74.6 Å². The molecule has 6 heteroatoms. The first kappa shape index (κ1) is 14.0. The summed E-state index contributed by atoms with van der Waals surface area (Å²) in [5.74, 6) is -1.40. The number of Topliss-reactive ketones (excluding diaryl/α,β-unsaturated/α-hetero) is 1. The highest BCUT2D eigenvalue weighted by atomic mass is 35.5. The summed E-state index contributed by atoms with van der Waals surface area (Å²) < 4.78 is 0. The quantitative estimate of drug-likeness (QED) is 0.436. The van der Waals surface area contributed by atoms with Gasteiger partial charge in [-0.15, -0.1) is 24.2 Å². The Morgan fingerprint density at radius 1 is 1.35 bits per heavy atom. The second kappa shape index (κ2) is 6.05. The lowest BCUT2D eigenvalue weighted by atomic mass is 10.0. The summed E-state index contributed by atoms with van der Waals surface area (Å²) in [6.07, 6.45) is -1.51. The van der Waals surface area contributed by atoms with Crippen molar-refractivity contribution >= 4 is 36.0 Å². The minimum absolute atomic E-state index is 0.128. The van der Waals surface area contributed by atoms with Crippen LogP contribution in [0.2, 0.25) is 0 Å². The van der Waals surface area contributed by atoms with Crippen LogP contribution in [0, 0.1) is 0 Å². The number of ketones is 1. The lowest BCUT2D eigenvalue weighted by Gasteiger charge is -2.09. The van der Waals surface area contributed by atoms with Crippen LogP contribution < -0.4 is 0 Å². The lowest BCUT2D eigenvalue weighted by Crippen LogP contribution is -2.11. The fourth-order valence-corrected chi connectivity index (χ4v) is 1.79. The van der Waals surface area contributed by atoms with Crippen molar-refractivity contribution in [2.75, 3.05) is 5.88 Å². The van der Waals surface area contributed by atoms with Crippen molar-refractivity contribution < 1.29 is 19.8 Å². The Morgan fingerprint density at radius 2 is 2.00 bits per heavy atom. The van der Waals surface area contributed by atoms with E-state index in [-0.39, 0.29) is 23.6 Å². The van der Waals surface area contributed by atoms with Gasteiger partial charge >= 0.3 is 5.97 Å². The summed E-state index contributed by atoms with van der Waals surface area (Å²) in [4.78, 5) is 22.6. The van der Waals surface area contributed by atoms with Gasteiger partial charge in [-0.1, -0.05) is 0 Å². The highest BCUT2D eigenvalue weighted by Gasteiger charge is 2.18. The van der Waals surface area contributed by atoms with E-state index in [1.165, 1.54) is 18.2 Å². The number of aliphatic hydroxyl groups excluding tert-OH is 1. The number of alkyl halides is 1. The molecule has 1 rings (SSSR count). The molecule has 1 aromatic rings. The van der Waals surface area contributed by atoms with Crippen molar-refractivity contribution in [3.63, 3.8) is 0 Å². The van der Waals surface area contributed by atoms with E-state index < -0.39 is 12.1 Å². The van der Waals surface area contributed by atoms with Gasteiger partial charge in [-0.05, 0) is 23.8 Å². The number of benzene rings is 1. The van der Waals surface area contributed by atoms with Crippen LogP contribution in [0.5, 0.6) is 0 Å². The first-order chi connectivity index (χ1) is 7.95. The average molecular weight is 275 g/mol. The molecule has 0 bridgehead atoms. The normalized spacial score (nSPS) is 12.2. The van der Waals surface area contributed by atoms with E-state index in [4.69, 9.17) is 16.7 Å². The molecule has 0 heterocycles. The Hall–Kier alpha value is -1.04. The van der Waals surface area contributed by atoms with Crippen molar-refractivity contribution in [3.05, 3.63) is 29.3 Å². The molecule has 0 saturated heterocycles. The molecule has 1 aromatic carbocycles. The first-order valence-electron chi connectivity index (χ1n) is 4.79.